The second-order valence-corrected chi connectivity index (χ2v) is 6.07. The fourth-order valence-electron chi connectivity index (χ4n) is 2.71. The summed E-state index contributed by atoms with van der Waals surface area (Å²) in [5, 5.41) is 11.4. The molecule has 1 aliphatic heterocycles. The molecule has 114 valence electrons. The van der Waals surface area contributed by atoms with Gasteiger partial charge in [0.15, 0.2) is 0 Å². The Morgan fingerprint density at radius 1 is 1.09 bits per heavy atom. The third kappa shape index (κ3) is 2.64. The fraction of sp³-hybridized carbons (Fsp3) is 0.267. The van der Waals surface area contributed by atoms with Gasteiger partial charge in [-0.25, -0.2) is 0 Å². The van der Waals surface area contributed by atoms with Crippen LogP contribution in [0.25, 0.3) is 5.69 Å². The zero-order valence-electron chi connectivity index (χ0n) is 11.7. The highest BCUT2D eigenvalue weighted by Crippen LogP contribution is 2.28. The predicted octanol–water partition coefficient (Wildman–Crippen LogP) is 3.11. The first-order valence-corrected chi connectivity index (χ1v) is 7.78. The van der Waals surface area contributed by atoms with Crippen molar-refractivity contribution < 1.29 is 4.92 Å². The van der Waals surface area contributed by atoms with Crippen LogP contribution in [0.1, 0.15) is 12.8 Å². The van der Waals surface area contributed by atoms with E-state index in [0.717, 1.165) is 30.4 Å². The van der Waals surface area contributed by atoms with Gasteiger partial charge in [0, 0.05) is 29.4 Å². The molecular formula is C15H14BrN3O3. The highest BCUT2D eigenvalue weighted by atomic mass is 79.9. The number of hydrogen-bond acceptors (Lipinski definition) is 4. The second kappa shape index (κ2) is 5.92. The maximum Gasteiger partial charge on any atom is 0.357 e. The van der Waals surface area contributed by atoms with E-state index in [1.54, 1.807) is 36.5 Å². The van der Waals surface area contributed by atoms with Crippen molar-refractivity contribution in [3.8, 4) is 5.69 Å². The van der Waals surface area contributed by atoms with Gasteiger partial charge in [-0.15, -0.1) is 0 Å². The molecular weight excluding hydrogens is 350 g/mol. The summed E-state index contributed by atoms with van der Waals surface area (Å²) < 4.78 is 2.19. The zero-order chi connectivity index (χ0) is 15.7. The SMILES string of the molecule is O=c1c([N+](=O)[O-])c(N2CCCC2)ccn1-c1ccc(Br)cc1. The number of nitro groups is 1. The number of rotatable bonds is 3. The van der Waals surface area contributed by atoms with Gasteiger partial charge in [-0.1, -0.05) is 15.9 Å². The second-order valence-electron chi connectivity index (χ2n) is 5.15. The quantitative estimate of drug-likeness (QED) is 0.620. The number of anilines is 1. The lowest BCUT2D eigenvalue weighted by molar-refractivity contribution is -0.385. The molecule has 1 fully saturated rings. The molecule has 22 heavy (non-hydrogen) atoms. The van der Waals surface area contributed by atoms with Crippen LogP contribution >= 0.6 is 15.9 Å². The van der Waals surface area contributed by atoms with Crippen LogP contribution in [0.2, 0.25) is 0 Å². The summed E-state index contributed by atoms with van der Waals surface area (Å²) in [5.74, 6) is 0. The van der Waals surface area contributed by atoms with Crippen molar-refractivity contribution >= 4 is 27.3 Å². The van der Waals surface area contributed by atoms with Crippen molar-refractivity contribution in [2.45, 2.75) is 12.8 Å². The molecule has 1 aromatic heterocycles. The van der Waals surface area contributed by atoms with E-state index < -0.39 is 10.5 Å². The highest BCUT2D eigenvalue weighted by molar-refractivity contribution is 9.10. The van der Waals surface area contributed by atoms with Crippen LogP contribution < -0.4 is 10.5 Å². The van der Waals surface area contributed by atoms with Gasteiger partial charge in [-0.3, -0.25) is 19.5 Å². The van der Waals surface area contributed by atoms with Crippen LogP contribution in [0.3, 0.4) is 0 Å². The summed E-state index contributed by atoms with van der Waals surface area (Å²) in [6.07, 6.45) is 3.59. The van der Waals surface area contributed by atoms with E-state index in [0.29, 0.717) is 11.4 Å². The third-order valence-corrected chi connectivity index (χ3v) is 4.31. The summed E-state index contributed by atoms with van der Waals surface area (Å²) in [5.41, 5.74) is 0.0641. The van der Waals surface area contributed by atoms with Crippen molar-refractivity contribution in [3.63, 3.8) is 0 Å². The first-order valence-electron chi connectivity index (χ1n) is 6.99. The Morgan fingerprint density at radius 3 is 2.32 bits per heavy atom. The number of pyridine rings is 1. The van der Waals surface area contributed by atoms with Crippen LogP contribution in [-0.4, -0.2) is 22.6 Å². The van der Waals surface area contributed by atoms with Gasteiger partial charge in [-0.05, 0) is 43.2 Å². The van der Waals surface area contributed by atoms with E-state index in [4.69, 9.17) is 0 Å². The molecule has 1 saturated heterocycles. The molecule has 0 unspecified atom stereocenters. The molecule has 7 heteroatoms. The van der Waals surface area contributed by atoms with Crippen LogP contribution in [0.5, 0.6) is 0 Å². The number of benzene rings is 1. The minimum Gasteiger partial charge on any atom is -0.366 e. The third-order valence-electron chi connectivity index (χ3n) is 3.78. The zero-order valence-corrected chi connectivity index (χ0v) is 13.3. The van der Waals surface area contributed by atoms with Gasteiger partial charge in [0.25, 0.3) is 0 Å². The summed E-state index contributed by atoms with van der Waals surface area (Å²) in [4.78, 5) is 25.3. The number of aromatic nitrogens is 1. The molecule has 2 aromatic rings. The lowest BCUT2D eigenvalue weighted by Crippen LogP contribution is -2.26. The maximum atomic E-state index is 12.6. The molecule has 3 rings (SSSR count). The molecule has 0 aliphatic carbocycles. The Hall–Kier alpha value is -2.15. The molecule has 0 saturated carbocycles. The van der Waals surface area contributed by atoms with E-state index >= 15 is 0 Å². The molecule has 6 nitrogen and oxygen atoms in total. The highest BCUT2D eigenvalue weighted by Gasteiger charge is 2.27. The van der Waals surface area contributed by atoms with Crippen molar-refractivity contribution in [1.82, 2.24) is 4.57 Å². The maximum absolute atomic E-state index is 12.6. The van der Waals surface area contributed by atoms with Crippen LogP contribution in [-0.2, 0) is 0 Å². The Kier molecular flexibility index (Phi) is 3.98. The van der Waals surface area contributed by atoms with Crippen molar-refractivity contribution in [2.24, 2.45) is 0 Å². The summed E-state index contributed by atoms with van der Waals surface area (Å²) in [6.45, 7) is 1.51. The molecule has 0 atom stereocenters. The molecule has 0 radical (unpaired) electrons. The van der Waals surface area contributed by atoms with Crippen molar-refractivity contribution in [2.75, 3.05) is 18.0 Å². The molecule has 1 aliphatic rings. The Morgan fingerprint density at radius 2 is 1.73 bits per heavy atom. The lowest BCUT2D eigenvalue weighted by atomic mass is 10.2. The summed E-state index contributed by atoms with van der Waals surface area (Å²) in [6, 6.07) is 8.73. The number of halogens is 1. The number of nitrogens with zero attached hydrogens (tertiary/aromatic N) is 3. The first kappa shape index (κ1) is 14.8. The molecule has 2 heterocycles. The van der Waals surface area contributed by atoms with Crippen molar-refractivity contribution in [1.29, 1.82) is 0 Å². The van der Waals surface area contributed by atoms with E-state index in [1.807, 2.05) is 4.90 Å². The Balaban J connectivity index is 2.14. The first-order chi connectivity index (χ1) is 10.6. The van der Waals surface area contributed by atoms with Gasteiger partial charge >= 0.3 is 11.2 Å². The average Bonchev–Trinajstić information content (AvgIpc) is 3.01. The Labute approximate surface area is 135 Å². The molecule has 1 aromatic carbocycles. The standard InChI is InChI=1S/C15H14BrN3O3/c16-11-3-5-12(6-4-11)18-10-7-13(17-8-1-2-9-17)14(15(18)20)19(21)22/h3-7,10H,1-2,8-9H2. The smallest absolute Gasteiger partial charge is 0.357 e. The van der Waals surface area contributed by atoms with Gasteiger partial charge in [-0.2, -0.15) is 0 Å². The van der Waals surface area contributed by atoms with Crippen LogP contribution in [0.4, 0.5) is 11.4 Å². The monoisotopic (exact) mass is 363 g/mol. The van der Waals surface area contributed by atoms with Gasteiger partial charge < -0.3 is 4.90 Å². The molecule has 0 spiro atoms. The van der Waals surface area contributed by atoms with E-state index in [1.165, 1.54) is 4.57 Å². The minimum atomic E-state index is -0.600. The fourth-order valence-corrected chi connectivity index (χ4v) is 2.97. The van der Waals surface area contributed by atoms with Crippen molar-refractivity contribution in [3.05, 3.63) is 61.5 Å². The topological polar surface area (TPSA) is 68.4 Å². The molecule has 0 N–H and O–H groups in total. The van der Waals surface area contributed by atoms with Gasteiger partial charge in [0.1, 0.15) is 5.69 Å². The minimum absolute atomic E-state index is 0.354. The van der Waals surface area contributed by atoms with Crippen LogP contribution in [0.15, 0.2) is 45.8 Å². The normalized spacial score (nSPS) is 14.3. The van der Waals surface area contributed by atoms with E-state index in [9.17, 15) is 14.9 Å². The summed E-state index contributed by atoms with van der Waals surface area (Å²) >= 11 is 3.33. The van der Waals surface area contributed by atoms with Gasteiger partial charge in [0.05, 0.1) is 4.92 Å². The van der Waals surface area contributed by atoms with Gasteiger partial charge in [0.2, 0.25) is 0 Å². The summed E-state index contributed by atoms with van der Waals surface area (Å²) in [7, 11) is 0. The van der Waals surface area contributed by atoms with Crippen LogP contribution in [0, 0.1) is 10.1 Å². The van der Waals surface area contributed by atoms with E-state index in [-0.39, 0.29) is 5.69 Å². The lowest BCUT2D eigenvalue weighted by Gasteiger charge is -2.18. The predicted molar refractivity (Wildman–Crippen MR) is 87.8 cm³/mol. The molecule has 0 amide bonds. The number of hydrogen-bond donors (Lipinski definition) is 0. The van der Waals surface area contributed by atoms with E-state index in [2.05, 4.69) is 15.9 Å². The Bertz CT molecular complexity index is 765. The molecule has 0 bridgehead atoms. The largest absolute Gasteiger partial charge is 0.366 e. The average molecular weight is 364 g/mol.